The quantitative estimate of drug-likeness (QED) is 0.291. The molecule has 0 spiro atoms. The first-order chi connectivity index (χ1) is 20.0. The molecule has 3 atom stereocenters. The summed E-state index contributed by atoms with van der Waals surface area (Å²) in [7, 11) is 3.72. The molecule has 1 amide bonds. The molecule has 3 heterocycles. The number of hydrogen-bond acceptors (Lipinski definition) is 5. The van der Waals surface area contributed by atoms with Gasteiger partial charge in [0.2, 0.25) is 0 Å². The van der Waals surface area contributed by atoms with Crippen LogP contribution < -0.4 is 15.8 Å². The van der Waals surface area contributed by atoms with Gasteiger partial charge in [-0.1, -0.05) is 18.9 Å². The van der Waals surface area contributed by atoms with Crippen LogP contribution in [0.4, 0.5) is 5.69 Å². The highest BCUT2D eigenvalue weighted by Crippen LogP contribution is 2.40. The molecule has 1 aliphatic heterocycles. The lowest BCUT2D eigenvalue weighted by atomic mass is 10.1. The molecule has 2 bridgehead atoms. The average Bonchev–Trinajstić information content (AvgIpc) is 3.88. The highest BCUT2D eigenvalue weighted by Gasteiger charge is 2.47. The number of carbonyl (C=O) groups is 1. The summed E-state index contributed by atoms with van der Waals surface area (Å²) in [4.78, 5) is 20.8. The maximum absolute atomic E-state index is 13.7. The van der Waals surface area contributed by atoms with Crippen molar-refractivity contribution in [1.82, 2.24) is 19.0 Å². The molecule has 3 aliphatic carbocycles. The zero-order valence-electron chi connectivity index (χ0n) is 24.1. The number of carbonyl (C=O) groups excluding carboxylic acids is 1. The number of fused-ring (bicyclic) bond motifs is 4. The predicted octanol–water partition coefficient (Wildman–Crippen LogP) is 5.39. The van der Waals surface area contributed by atoms with Crippen molar-refractivity contribution < 1.29 is 9.53 Å². The van der Waals surface area contributed by atoms with E-state index in [0.717, 1.165) is 60.9 Å². The number of anilines is 1. The van der Waals surface area contributed by atoms with Gasteiger partial charge in [0, 0.05) is 55.4 Å². The van der Waals surface area contributed by atoms with Crippen molar-refractivity contribution in [2.24, 2.45) is 30.5 Å². The topological polar surface area (TPSA) is 90.3 Å². The third-order valence-electron chi connectivity index (χ3n) is 10.2. The lowest BCUT2D eigenvalue weighted by molar-refractivity contribution is 0.0700. The second-order valence-electron chi connectivity index (χ2n) is 13.0. The number of imidazole rings is 1. The number of benzene rings is 2. The molecule has 3 N–H and O–H groups in total. The number of rotatable bonds is 9. The van der Waals surface area contributed by atoms with Crippen LogP contribution in [0.25, 0.3) is 33.5 Å². The zero-order valence-corrected chi connectivity index (χ0v) is 24.1. The van der Waals surface area contributed by atoms with Gasteiger partial charge < -0.3 is 29.8 Å². The van der Waals surface area contributed by atoms with Crippen LogP contribution in [0.2, 0.25) is 0 Å². The summed E-state index contributed by atoms with van der Waals surface area (Å²) < 4.78 is 10.4. The number of aromatic nitrogens is 3. The minimum atomic E-state index is 0.0321. The Morgan fingerprint density at radius 3 is 2.61 bits per heavy atom. The van der Waals surface area contributed by atoms with Crippen LogP contribution in [0.5, 0.6) is 5.75 Å². The molecule has 8 rings (SSSR count). The first kappa shape index (κ1) is 25.2. The summed E-state index contributed by atoms with van der Waals surface area (Å²) in [6.07, 6.45) is 8.71. The normalized spacial score (nSPS) is 23.7. The monoisotopic (exact) mass is 552 g/mol. The van der Waals surface area contributed by atoms with E-state index in [0.29, 0.717) is 23.1 Å². The van der Waals surface area contributed by atoms with Crippen molar-refractivity contribution in [1.29, 1.82) is 0 Å². The van der Waals surface area contributed by atoms with Gasteiger partial charge in [-0.3, -0.25) is 4.79 Å². The van der Waals surface area contributed by atoms with E-state index >= 15 is 0 Å². The van der Waals surface area contributed by atoms with Gasteiger partial charge in [0.05, 0.1) is 23.8 Å². The van der Waals surface area contributed by atoms with Crippen LogP contribution in [0.3, 0.4) is 0 Å². The largest absolute Gasteiger partial charge is 0.494 e. The summed E-state index contributed by atoms with van der Waals surface area (Å²) in [6.45, 7) is 2.77. The van der Waals surface area contributed by atoms with E-state index in [1.54, 1.807) is 7.11 Å². The Morgan fingerprint density at radius 2 is 1.90 bits per heavy atom. The molecule has 8 heteroatoms. The number of amides is 1. The van der Waals surface area contributed by atoms with Crippen LogP contribution in [0.15, 0.2) is 36.4 Å². The minimum Gasteiger partial charge on any atom is -0.494 e. The molecule has 4 fully saturated rings. The lowest BCUT2D eigenvalue weighted by Crippen LogP contribution is -2.41. The molecule has 2 aromatic carbocycles. The number of ether oxygens (including phenoxy) is 1. The van der Waals surface area contributed by atoms with Gasteiger partial charge >= 0.3 is 0 Å². The van der Waals surface area contributed by atoms with Crippen LogP contribution in [0, 0.1) is 17.8 Å². The highest BCUT2D eigenvalue weighted by molar-refractivity contribution is 6.00. The molecule has 41 heavy (non-hydrogen) atoms. The number of nitrogens with one attached hydrogen (secondary N) is 1. The molecule has 214 valence electrons. The molecule has 8 nitrogen and oxygen atoms in total. The number of piperidine rings is 1. The van der Waals surface area contributed by atoms with Crippen LogP contribution in [-0.4, -0.2) is 57.2 Å². The lowest BCUT2D eigenvalue weighted by Gasteiger charge is -2.27. The smallest absolute Gasteiger partial charge is 0.254 e. The van der Waals surface area contributed by atoms with Gasteiger partial charge in [-0.25, -0.2) is 4.98 Å². The van der Waals surface area contributed by atoms with Gasteiger partial charge in [0.15, 0.2) is 5.82 Å². The van der Waals surface area contributed by atoms with E-state index in [-0.39, 0.29) is 18.0 Å². The van der Waals surface area contributed by atoms with E-state index in [1.807, 2.05) is 17.0 Å². The Morgan fingerprint density at radius 1 is 1.07 bits per heavy atom. The van der Waals surface area contributed by atoms with E-state index in [2.05, 4.69) is 45.8 Å². The van der Waals surface area contributed by atoms with Gasteiger partial charge in [-0.05, 0) is 80.2 Å². The van der Waals surface area contributed by atoms with Crippen LogP contribution >= 0.6 is 0 Å². The maximum Gasteiger partial charge on any atom is 0.254 e. The average molecular weight is 553 g/mol. The predicted molar refractivity (Wildman–Crippen MR) is 162 cm³/mol. The Bertz CT molecular complexity index is 1660. The van der Waals surface area contributed by atoms with Crippen molar-refractivity contribution in [2.75, 3.05) is 25.5 Å². The molecule has 0 unspecified atom stereocenters. The fourth-order valence-electron chi connectivity index (χ4n) is 7.40. The van der Waals surface area contributed by atoms with Gasteiger partial charge in [0.25, 0.3) is 5.91 Å². The van der Waals surface area contributed by atoms with E-state index in [4.69, 9.17) is 15.5 Å². The summed E-state index contributed by atoms with van der Waals surface area (Å²) in [5.74, 6) is 3.65. The van der Waals surface area contributed by atoms with Crippen molar-refractivity contribution in [3.63, 3.8) is 0 Å². The summed E-state index contributed by atoms with van der Waals surface area (Å²) in [6, 6.07) is 13.1. The first-order valence-corrected chi connectivity index (χ1v) is 15.5. The fraction of sp³-hybridized carbons (Fsp3) is 0.515. The van der Waals surface area contributed by atoms with E-state index in [1.165, 1.54) is 48.7 Å². The Hall–Kier alpha value is -3.52. The molecule has 4 aromatic rings. The summed E-state index contributed by atoms with van der Waals surface area (Å²) in [5, 5.41) is 4.89. The summed E-state index contributed by atoms with van der Waals surface area (Å²) in [5.41, 5.74) is 12.3. The molecular weight excluding hydrogens is 512 g/mol. The molecule has 4 aliphatic rings. The van der Waals surface area contributed by atoms with Crippen molar-refractivity contribution in [3.05, 3.63) is 42.0 Å². The highest BCUT2D eigenvalue weighted by atomic mass is 16.5. The Labute approximate surface area is 240 Å². The SMILES string of the molecule is COc1cc(C(=O)N2C[C@H]3CC[C@@H]2[C@H]3N)cc2nc(-c3cc4ccc(NCCC5CC5)cc4n3CC3CC3)n(C)c12. The molecule has 3 saturated carbocycles. The molecular formula is C33H40N6O2. The van der Waals surface area contributed by atoms with Crippen molar-refractivity contribution in [2.45, 2.75) is 63.6 Å². The maximum atomic E-state index is 13.7. The first-order valence-electron chi connectivity index (χ1n) is 15.5. The van der Waals surface area contributed by atoms with E-state index in [9.17, 15) is 4.79 Å². The fourth-order valence-corrected chi connectivity index (χ4v) is 7.40. The number of methoxy groups -OCH3 is 1. The number of hydrogen-bond donors (Lipinski definition) is 2. The van der Waals surface area contributed by atoms with E-state index < -0.39 is 0 Å². The zero-order chi connectivity index (χ0) is 27.8. The minimum absolute atomic E-state index is 0.0321. The summed E-state index contributed by atoms with van der Waals surface area (Å²) >= 11 is 0. The number of nitrogens with zero attached hydrogens (tertiary/aromatic N) is 4. The molecule has 2 aromatic heterocycles. The number of nitrogens with two attached hydrogens (primary N) is 1. The molecule has 1 saturated heterocycles. The van der Waals surface area contributed by atoms with Gasteiger partial charge in [-0.15, -0.1) is 0 Å². The second kappa shape index (κ2) is 9.51. The van der Waals surface area contributed by atoms with Gasteiger partial charge in [0.1, 0.15) is 11.3 Å². The Balaban J connectivity index is 1.18. The van der Waals surface area contributed by atoms with Gasteiger partial charge in [-0.2, -0.15) is 0 Å². The van der Waals surface area contributed by atoms with Crippen LogP contribution in [0.1, 0.15) is 55.3 Å². The van der Waals surface area contributed by atoms with Crippen molar-refractivity contribution >= 4 is 33.5 Å². The second-order valence-corrected chi connectivity index (χ2v) is 13.0. The number of likely N-dealkylation sites (tertiary alicyclic amines) is 1. The third kappa shape index (κ3) is 4.30. The number of aryl methyl sites for hydroxylation is 1. The third-order valence-corrected chi connectivity index (χ3v) is 10.2. The molecule has 0 radical (unpaired) electrons. The van der Waals surface area contributed by atoms with Crippen LogP contribution in [-0.2, 0) is 13.6 Å². The van der Waals surface area contributed by atoms with Crippen molar-refractivity contribution in [3.8, 4) is 17.3 Å². The Kier molecular flexibility index (Phi) is 5.85. The standard InChI is InChI=1S/C33H40N6O2/c1-37-31-25(13-23(15-29(31)41-2)33(40)39-18-22-8-10-26(39)30(22)34)36-32(37)28-14-21-7-9-24(35-12-11-19-3-4-19)16-27(21)38(28)17-20-5-6-20/h7,9,13-16,19-20,22,26,30,35H,3-6,8,10-12,17-18,34H2,1-2H3/t22-,26-,30+/m1/s1.